The lowest BCUT2D eigenvalue weighted by Gasteiger charge is -2.08. The zero-order valence-corrected chi connectivity index (χ0v) is 11.4. The van der Waals surface area contributed by atoms with Crippen LogP contribution >= 0.6 is 15.9 Å². The van der Waals surface area contributed by atoms with Gasteiger partial charge in [0, 0.05) is 20.3 Å². The van der Waals surface area contributed by atoms with E-state index in [0.717, 1.165) is 0 Å². The van der Waals surface area contributed by atoms with Gasteiger partial charge in [-0.25, -0.2) is 4.68 Å². The van der Waals surface area contributed by atoms with Gasteiger partial charge in [0.25, 0.3) is 5.91 Å². The van der Waals surface area contributed by atoms with Crippen LogP contribution in [0.5, 0.6) is 0 Å². The van der Waals surface area contributed by atoms with Gasteiger partial charge in [-0.1, -0.05) is 0 Å². The van der Waals surface area contributed by atoms with E-state index in [4.69, 9.17) is 5.73 Å². The third-order valence-electron chi connectivity index (χ3n) is 2.21. The van der Waals surface area contributed by atoms with Crippen LogP contribution in [0.1, 0.15) is 10.5 Å². The molecular weight excluding hydrogens is 300 g/mol. The molecule has 94 valence electrons. The van der Waals surface area contributed by atoms with Gasteiger partial charge in [0.2, 0.25) is 0 Å². The van der Waals surface area contributed by atoms with Gasteiger partial charge in [-0.3, -0.25) is 4.79 Å². The van der Waals surface area contributed by atoms with Crippen LogP contribution in [0.2, 0.25) is 0 Å². The highest BCUT2D eigenvalue weighted by molar-refractivity contribution is 9.10. The molecule has 0 aromatic carbocycles. The summed E-state index contributed by atoms with van der Waals surface area (Å²) in [5, 5.41) is 11.8. The molecule has 2 rings (SSSR count). The van der Waals surface area contributed by atoms with Gasteiger partial charge in [-0.05, 0) is 28.1 Å². The summed E-state index contributed by atoms with van der Waals surface area (Å²) in [4.78, 5) is 13.1. The molecule has 0 aliphatic carbocycles. The minimum absolute atomic E-state index is 0.199. The highest BCUT2D eigenvalue weighted by Gasteiger charge is 2.11. The van der Waals surface area contributed by atoms with E-state index in [-0.39, 0.29) is 11.6 Å². The maximum absolute atomic E-state index is 11.6. The number of carbonyl (C=O) groups is 1. The molecule has 0 unspecified atom stereocenters. The molecular formula is C10H11BrN6O. The van der Waals surface area contributed by atoms with Crippen molar-refractivity contribution in [1.82, 2.24) is 24.9 Å². The first-order valence-corrected chi connectivity index (χ1v) is 5.84. The molecule has 0 atom stereocenters. The van der Waals surface area contributed by atoms with Crippen LogP contribution in [0.25, 0.3) is 5.82 Å². The Bertz CT molecular complexity index is 557. The summed E-state index contributed by atoms with van der Waals surface area (Å²) in [6.07, 6.45) is 1.67. The molecule has 7 nitrogen and oxygen atoms in total. The summed E-state index contributed by atoms with van der Waals surface area (Å²) < 4.78 is 2.16. The normalized spacial score (nSPS) is 10.4. The second-order valence-corrected chi connectivity index (χ2v) is 4.64. The Labute approximate surface area is 112 Å². The molecule has 1 amide bonds. The van der Waals surface area contributed by atoms with E-state index in [2.05, 4.69) is 31.2 Å². The molecule has 0 aliphatic heterocycles. The Morgan fingerprint density at radius 3 is 2.56 bits per heavy atom. The van der Waals surface area contributed by atoms with E-state index in [9.17, 15) is 4.79 Å². The lowest BCUT2D eigenvalue weighted by molar-refractivity contribution is 0.0821. The first-order chi connectivity index (χ1) is 8.49. The molecule has 2 N–H and O–H groups in total. The van der Waals surface area contributed by atoms with E-state index in [1.165, 1.54) is 9.58 Å². The number of nitrogens with zero attached hydrogens (tertiary/aromatic N) is 5. The average Bonchev–Trinajstić information content (AvgIpc) is 2.69. The number of nitrogen functional groups attached to an aromatic ring is 1. The van der Waals surface area contributed by atoms with Crippen LogP contribution in [-0.2, 0) is 0 Å². The standard InChI is InChI=1S/C10H11BrN6O/c1-16(2)10(18)7-3-4-8(14-13-7)17-5-6(11)9(12)15-17/h3-5H,1-2H3,(H2,12,15). The van der Waals surface area contributed by atoms with Crippen molar-refractivity contribution < 1.29 is 4.79 Å². The van der Waals surface area contributed by atoms with Crippen molar-refractivity contribution in [3.8, 4) is 5.82 Å². The predicted molar refractivity (Wildman–Crippen MR) is 69.3 cm³/mol. The minimum Gasteiger partial charge on any atom is -0.381 e. The summed E-state index contributed by atoms with van der Waals surface area (Å²) >= 11 is 3.25. The fourth-order valence-corrected chi connectivity index (χ4v) is 1.55. The largest absolute Gasteiger partial charge is 0.381 e. The van der Waals surface area contributed by atoms with Crippen molar-refractivity contribution in [2.45, 2.75) is 0 Å². The topological polar surface area (TPSA) is 89.9 Å². The Morgan fingerprint density at radius 2 is 2.11 bits per heavy atom. The second kappa shape index (κ2) is 4.73. The molecule has 0 bridgehead atoms. The molecule has 2 heterocycles. The van der Waals surface area contributed by atoms with Crippen LogP contribution in [0.3, 0.4) is 0 Å². The highest BCUT2D eigenvalue weighted by Crippen LogP contribution is 2.18. The molecule has 2 aromatic rings. The predicted octanol–water partition coefficient (Wildman–Crippen LogP) is 0.709. The minimum atomic E-state index is -0.199. The monoisotopic (exact) mass is 310 g/mol. The van der Waals surface area contributed by atoms with E-state index in [0.29, 0.717) is 16.1 Å². The van der Waals surface area contributed by atoms with Gasteiger partial charge < -0.3 is 10.6 Å². The van der Waals surface area contributed by atoms with E-state index in [1.54, 1.807) is 32.4 Å². The van der Waals surface area contributed by atoms with Crippen LogP contribution in [0.4, 0.5) is 5.82 Å². The maximum Gasteiger partial charge on any atom is 0.273 e. The zero-order chi connectivity index (χ0) is 13.3. The molecule has 2 aromatic heterocycles. The van der Waals surface area contributed by atoms with Gasteiger partial charge in [0.1, 0.15) is 0 Å². The Kier molecular flexibility index (Phi) is 3.28. The Morgan fingerprint density at radius 1 is 1.39 bits per heavy atom. The van der Waals surface area contributed by atoms with Gasteiger partial charge in [-0.2, -0.15) is 0 Å². The van der Waals surface area contributed by atoms with E-state index in [1.807, 2.05) is 0 Å². The van der Waals surface area contributed by atoms with Crippen LogP contribution in [0, 0.1) is 0 Å². The molecule has 0 radical (unpaired) electrons. The fourth-order valence-electron chi connectivity index (χ4n) is 1.27. The molecule has 0 saturated heterocycles. The molecule has 0 aliphatic rings. The SMILES string of the molecule is CN(C)C(=O)c1ccc(-n2cc(Br)c(N)n2)nn1. The summed E-state index contributed by atoms with van der Waals surface area (Å²) in [5.74, 6) is 0.656. The molecule has 0 saturated carbocycles. The number of nitrogens with two attached hydrogens (primary N) is 1. The highest BCUT2D eigenvalue weighted by atomic mass is 79.9. The van der Waals surface area contributed by atoms with Crippen molar-refractivity contribution in [3.63, 3.8) is 0 Å². The molecule has 0 fully saturated rings. The molecule has 8 heteroatoms. The van der Waals surface area contributed by atoms with Crippen molar-refractivity contribution in [1.29, 1.82) is 0 Å². The molecule has 0 spiro atoms. The number of hydrogen-bond donors (Lipinski definition) is 1. The Balaban J connectivity index is 2.30. The van der Waals surface area contributed by atoms with Gasteiger partial charge in [0.15, 0.2) is 17.3 Å². The average molecular weight is 311 g/mol. The van der Waals surface area contributed by atoms with Crippen molar-refractivity contribution in [2.24, 2.45) is 0 Å². The second-order valence-electron chi connectivity index (χ2n) is 3.78. The number of amides is 1. The van der Waals surface area contributed by atoms with Crippen LogP contribution in [-0.4, -0.2) is 44.9 Å². The summed E-state index contributed by atoms with van der Waals surface area (Å²) in [5.41, 5.74) is 5.89. The third kappa shape index (κ3) is 2.33. The van der Waals surface area contributed by atoms with Crippen molar-refractivity contribution >= 4 is 27.7 Å². The first kappa shape index (κ1) is 12.5. The lowest BCUT2D eigenvalue weighted by atomic mass is 10.3. The van der Waals surface area contributed by atoms with Gasteiger partial charge >= 0.3 is 0 Å². The fraction of sp³-hybridized carbons (Fsp3) is 0.200. The van der Waals surface area contributed by atoms with E-state index < -0.39 is 0 Å². The number of anilines is 1. The zero-order valence-electron chi connectivity index (χ0n) is 9.83. The number of carbonyl (C=O) groups excluding carboxylic acids is 1. The van der Waals surface area contributed by atoms with Crippen molar-refractivity contribution in [3.05, 3.63) is 28.5 Å². The van der Waals surface area contributed by atoms with Gasteiger partial charge in [0.05, 0.1) is 4.47 Å². The van der Waals surface area contributed by atoms with E-state index >= 15 is 0 Å². The van der Waals surface area contributed by atoms with Crippen LogP contribution in [0.15, 0.2) is 22.8 Å². The third-order valence-corrected chi connectivity index (χ3v) is 2.82. The summed E-state index contributed by atoms with van der Waals surface area (Å²) in [7, 11) is 3.31. The lowest BCUT2D eigenvalue weighted by Crippen LogP contribution is -2.23. The summed E-state index contributed by atoms with van der Waals surface area (Å²) in [6, 6.07) is 3.25. The quantitative estimate of drug-likeness (QED) is 0.882. The van der Waals surface area contributed by atoms with Crippen molar-refractivity contribution in [2.75, 3.05) is 19.8 Å². The molecule has 18 heavy (non-hydrogen) atoms. The number of hydrogen-bond acceptors (Lipinski definition) is 5. The number of aromatic nitrogens is 4. The Hall–Kier alpha value is -1.96. The summed E-state index contributed by atoms with van der Waals surface area (Å²) in [6.45, 7) is 0. The van der Waals surface area contributed by atoms with Gasteiger partial charge in [-0.15, -0.1) is 15.3 Å². The number of halogens is 1. The smallest absolute Gasteiger partial charge is 0.273 e. The maximum atomic E-state index is 11.6. The van der Waals surface area contributed by atoms with Crippen LogP contribution < -0.4 is 5.73 Å². The number of rotatable bonds is 2. The first-order valence-electron chi connectivity index (χ1n) is 5.05.